The molecule has 1 aromatic heterocycles. The van der Waals surface area contributed by atoms with Gasteiger partial charge in [0.15, 0.2) is 0 Å². The van der Waals surface area contributed by atoms with E-state index in [0.717, 1.165) is 5.01 Å². The molecule has 0 saturated carbocycles. The third-order valence-corrected chi connectivity index (χ3v) is 3.70. The van der Waals surface area contributed by atoms with Crippen molar-refractivity contribution in [1.29, 1.82) is 0 Å². The van der Waals surface area contributed by atoms with E-state index in [1.54, 1.807) is 18.1 Å². The zero-order valence-corrected chi connectivity index (χ0v) is 10.1. The standard InChI is InChI=1S/C10H15N3O2S/c1-6-12-5-9(16-6)10(15)13(2)7-3-11-4-8(7)14/h5,7-8,11,14H,3-4H2,1-2H3/t7-,8-/m0/s1. The summed E-state index contributed by atoms with van der Waals surface area (Å²) >= 11 is 1.38. The van der Waals surface area contributed by atoms with Crippen LogP contribution in [0.1, 0.15) is 14.7 Å². The van der Waals surface area contributed by atoms with Gasteiger partial charge in [-0.15, -0.1) is 11.3 Å². The van der Waals surface area contributed by atoms with Crippen molar-refractivity contribution in [3.05, 3.63) is 16.1 Å². The molecule has 1 fully saturated rings. The number of hydrogen-bond acceptors (Lipinski definition) is 5. The summed E-state index contributed by atoms with van der Waals surface area (Å²) in [4.78, 5) is 18.3. The van der Waals surface area contributed by atoms with Crippen molar-refractivity contribution in [1.82, 2.24) is 15.2 Å². The van der Waals surface area contributed by atoms with Gasteiger partial charge in [0.2, 0.25) is 0 Å². The highest BCUT2D eigenvalue weighted by Crippen LogP contribution is 2.16. The summed E-state index contributed by atoms with van der Waals surface area (Å²) in [5.74, 6) is -0.0710. The zero-order chi connectivity index (χ0) is 11.7. The second kappa shape index (κ2) is 4.48. The monoisotopic (exact) mass is 241 g/mol. The molecule has 0 unspecified atom stereocenters. The van der Waals surface area contributed by atoms with Gasteiger partial charge in [0, 0.05) is 20.1 Å². The minimum atomic E-state index is -0.483. The normalized spacial score (nSPS) is 24.7. The van der Waals surface area contributed by atoms with Crippen LogP contribution in [0.3, 0.4) is 0 Å². The molecule has 1 saturated heterocycles. The van der Waals surface area contributed by atoms with Crippen molar-refractivity contribution in [2.45, 2.75) is 19.1 Å². The molecular formula is C10H15N3O2S. The molecule has 16 heavy (non-hydrogen) atoms. The number of aryl methyl sites for hydroxylation is 1. The number of nitrogens with zero attached hydrogens (tertiary/aromatic N) is 2. The molecule has 88 valence electrons. The molecule has 2 N–H and O–H groups in total. The Morgan fingerprint density at radius 2 is 2.44 bits per heavy atom. The van der Waals surface area contributed by atoms with Crippen LogP contribution in [0.5, 0.6) is 0 Å². The molecule has 1 aliphatic rings. The number of amides is 1. The van der Waals surface area contributed by atoms with Crippen LogP contribution in [-0.4, -0.2) is 53.2 Å². The maximum absolute atomic E-state index is 12.0. The zero-order valence-electron chi connectivity index (χ0n) is 9.30. The Bertz CT molecular complexity index is 393. The number of aliphatic hydroxyl groups is 1. The topological polar surface area (TPSA) is 65.5 Å². The van der Waals surface area contributed by atoms with Crippen molar-refractivity contribution in [2.24, 2.45) is 0 Å². The van der Waals surface area contributed by atoms with Crippen LogP contribution in [0.4, 0.5) is 0 Å². The van der Waals surface area contributed by atoms with Crippen molar-refractivity contribution in [2.75, 3.05) is 20.1 Å². The number of carbonyl (C=O) groups excluding carboxylic acids is 1. The maximum atomic E-state index is 12.0. The Labute approximate surface area is 98.1 Å². The quantitative estimate of drug-likeness (QED) is 0.756. The predicted octanol–water partition coefficient (Wildman–Crippen LogP) is -0.144. The fourth-order valence-corrected chi connectivity index (χ4v) is 2.59. The summed E-state index contributed by atoms with van der Waals surface area (Å²) in [5, 5.41) is 13.6. The highest BCUT2D eigenvalue weighted by atomic mass is 32.1. The molecular weight excluding hydrogens is 226 g/mol. The van der Waals surface area contributed by atoms with E-state index in [9.17, 15) is 9.90 Å². The molecule has 2 rings (SSSR count). The molecule has 1 aliphatic heterocycles. The molecule has 2 heterocycles. The Hall–Kier alpha value is -0.980. The summed E-state index contributed by atoms with van der Waals surface area (Å²) in [6.45, 7) is 3.05. The fourth-order valence-electron chi connectivity index (χ4n) is 1.83. The minimum Gasteiger partial charge on any atom is -0.390 e. The van der Waals surface area contributed by atoms with Gasteiger partial charge >= 0.3 is 0 Å². The predicted molar refractivity (Wildman–Crippen MR) is 61.6 cm³/mol. The SMILES string of the molecule is Cc1ncc(C(=O)N(C)[C@H]2CNC[C@@H]2O)s1. The minimum absolute atomic E-state index is 0.0710. The lowest BCUT2D eigenvalue weighted by Gasteiger charge is -2.25. The third kappa shape index (κ3) is 2.09. The number of nitrogens with one attached hydrogen (secondary N) is 1. The first-order valence-corrected chi connectivity index (χ1v) is 5.99. The largest absolute Gasteiger partial charge is 0.390 e. The van der Waals surface area contributed by atoms with Gasteiger partial charge in [-0.3, -0.25) is 4.79 Å². The van der Waals surface area contributed by atoms with Crippen LogP contribution >= 0.6 is 11.3 Å². The van der Waals surface area contributed by atoms with E-state index in [4.69, 9.17) is 0 Å². The van der Waals surface area contributed by atoms with E-state index in [1.165, 1.54) is 11.3 Å². The number of β-amino-alcohol motifs (C(OH)–C–C–N with tert-alkyl or cyclic N) is 1. The molecule has 0 spiro atoms. The summed E-state index contributed by atoms with van der Waals surface area (Å²) in [6.07, 6.45) is 1.11. The van der Waals surface area contributed by atoms with E-state index >= 15 is 0 Å². The molecule has 0 bridgehead atoms. The maximum Gasteiger partial charge on any atom is 0.265 e. The molecule has 5 nitrogen and oxygen atoms in total. The number of aliphatic hydroxyl groups excluding tert-OH is 1. The number of carbonyl (C=O) groups is 1. The van der Waals surface area contributed by atoms with E-state index in [1.807, 2.05) is 6.92 Å². The van der Waals surface area contributed by atoms with Gasteiger partial charge in [-0.1, -0.05) is 0 Å². The molecule has 0 radical (unpaired) electrons. The van der Waals surface area contributed by atoms with Gasteiger partial charge in [-0.2, -0.15) is 0 Å². The van der Waals surface area contributed by atoms with Crippen LogP contribution in [0, 0.1) is 6.92 Å². The van der Waals surface area contributed by atoms with Crippen molar-refractivity contribution < 1.29 is 9.90 Å². The summed E-state index contributed by atoms with van der Waals surface area (Å²) in [6, 6.07) is -0.144. The van der Waals surface area contributed by atoms with E-state index in [-0.39, 0.29) is 11.9 Å². The number of rotatable bonds is 2. The van der Waals surface area contributed by atoms with Gasteiger partial charge in [-0.05, 0) is 6.92 Å². The summed E-state index contributed by atoms with van der Waals surface area (Å²) in [7, 11) is 1.72. The highest BCUT2D eigenvalue weighted by Gasteiger charge is 2.31. The van der Waals surface area contributed by atoms with E-state index in [0.29, 0.717) is 18.0 Å². The number of hydrogen-bond donors (Lipinski definition) is 2. The average molecular weight is 241 g/mol. The lowest BCUT2D eigenvalue weighted by molar-refractivity contribution is 0.0585. The lowest BCUT2D eigenvalue weighted by atomic mass is 10.2. The first kappa shape index (κ1) is 11.5. The van der Waals surface area contributed by atoms with Crippen LogP contribution in [0.25, 0.3) is 0 Å². The number of likely N-dealkylation sites (N-methyl/N-ethyl adjacent to an activating group) is 1. The highest BCUT2D eigenvalue weighted by molar-refractivity contribution is 7.13. The second-order valence-electron chi connectivity index (χ2n) is 3.95. The van der Waals surface area contributed by atoms with Gasteiger partial charge < -0.3 is 15.3 Å². The van der Waals surface area contributed by atoms with Crippen LogP contribution < -0.4 is 5.32 Å². The Morgan fingerprint density at radius 3 is 2.94 bits per heavy atom. The van der Waals surface area contributed by atoms with Crippen LogP contribution in [0.15, 0.2) is 6.20 Å². The van der Waals surface area contributed by atoms with Crippen LogP contribution in [0.2, 0.25) is 0 Å². The van der Waals surface area contributed by atoms with E-state index in [2.05, 4.69) is 10.3 Å². The molecule has 0 aliphatic carbocycles. The van der Waals surface area contributed by atoms with Gasteiger partial charge in [0.05, 0.1) is 23.4 Å². The Balaban J connectivity index is 2.10. The third-order valence-electron chi connectivity index (χ3n) is 2.80. The van der Waals surface area contributed by atoms with Crippen LogP contribution in [-0.2, 0) is 0 Å². The average Bonchev–Trinajstić information content (AvgIpc) is 2.85. The number of aromatic nitrogens is 1. The molecule has 0 aromatic carbocycles. The van der Waals surface area contributed by atoms with Gasteiger partial charge in [0.1, 0.15) is 4.88 Å². The van der Waals surface area contributed by atoms with Crippen molar-refractivity contribution >= 4 is 17.2 Å². The first-order valence-electron chi connectivity index (χ1n) is 5.18. The van der Waals surface area contributed by atoms with Crippen molar-refractivity contribution in [3.8, 4) is 0 Å². The Kier molecular flexibility index (Phi) is 3.22. The smallest absolute Gasteiger partial charge is 0.265 e. The van der Waals surface area contributed by atoms with E-state index < -0.39 is 6.10 Å². The summed E-state index contributed by atoms with van der Waals surface area (Å²) < 4.78 is 0. The Morgan fingerprint density at radius 1 is 1.69 bits per heavy atom. The fraction of sp³-hybridized carbons (Fsp3) is 0.600. The number of thiazole rings is 1. The lowest BCUT2D eigenvalue weighted by Crippen LogP contribution is -2.44. The van der Waals surface area contributed by atoms with Gasteiger partial charge in [-0.25, -0.2) is 4.98 Å². The molecule has 6 heteroatoms. The second-order valence-corrected chi connectivity index (χ2v) is 5.19. The molecule has 2 atom stereocenters. The van der Waals surface area contributed by atoms with Gasteiger partial charge in [0.25, 0.3) is 5.91 Å². The van der Waals surface area contributed by atoms with Crippen molar-refractivity contribution in [3.63, 3.8) is 0 Å². The summed E-state index contributed by atoms with van der Waals surface area (Å²) in [5.41, 5.74) is 0. The first-order chi connectivity index (χ1) is 7.59. The molecule has 1 aromatic rings. The molecule has 1 amide bonds.